The lowest BCUT2D eigenvalue weighted by atomic mass is 10.1. The zero-order valence-corrected chi connectivity index (χ0v) is 28.2. The number of rotatable bonds is 4. The molecule has 0 aliphatic heterocycles. The molecule has 0 aliphatic rings. The SMILES string of the molecule is CC(C)c1nc2c(Br)c(N)ccc2c(=O)n1-c1ccc(Cl)cc1.CC(C)c1nc2cc(N)ccc2c(=O)n1-c1ccc(Cl)cc1. The number of nitrogens with zero attached hydrogens (tertiary/aromatic N) is 4. The molecule has 4 N–H and O–H groups in total. The third kappa shape index (κ3) is 6.47. The molecule has 8 nitrogen and oxygen atoms in total. The molecule has 0 spiro atoms. The second kappa shape index (κ2) is 13.0. The van der Waals surface area contributed by atoms with Crippen LogP contribution in [0.1, 0.15) is 51.2 Å². The van der Waals surface area contributed by atoms with Crippen molar-refractivity contribution in [3.05, 3.63) is 126 Å². The minimum Gasteiger partial charge on any atom is -0.399 e. The fourth-order valence-electron chi connectivity index (χ4n) is 4.92. The number of aromatic nitrogens is 4. The first-order chi connectivity index (χ1) is 21.4. The molecule has 0 atom stereocenters. The number of nitrogen functional groups attached to an aromatic ring is 2. The summed E-state index contributed by atoms with van der Waals surface area (Å²) in [6.07, 6.45) is 0. The van der Waals surface area contributed by atoms with Crippen LogP contribution in [0.25, 0.3) is 33.2 Å². The van der Waals surface area contributed by atoms with Crippen LogP contribution in [-0.4, -0.2) is 19.1 Å². The van der Waals surface area contributed by atoms with Crippen LogP contribution in [0.3, 0.4) is 0 Å². The van der Waals surface area contributed by atoms with Gasteiger partial charge in [0.25, 0.3) is 11.1 Å². The summed E-state index contributed by atoms with van der Waals surface area (Å²) in [5.74, 6) is 1.53. The molecule has 6 rings (SSSR count). The molecule has 2 heterocycles. The highest BCUT2D eigenvalue weighted by Gasteiger charge is 2.18. The van der Waals surface area contributed by atoms with E-state index in [0.29, 0.717) is 59.3 Å². The maximum atomic E-state index is 13.0. The predicted molar refractivity (Wildman–Crippen MR) is 189 cm³/mol. The van der Waals surface area contributed by atoms with Gasteiger partial charge in [-0.1, -0.05) is 50.9 Å². The predicted octanol–water partition coefficient (Wildman–Crippen LogP) is 8.25. The molecule has 45 heavy (non-hydrogen) atoms. The van der Waals surface area contributed by atoms with Gasteiger partial charge >= 0.3 is 0 Å². The molecule has 2 aromatic heterocycles. The lowest BCUT2D eigenvalue weighted by Crippen LogP contribution is -2.24. The van der Waals surface area contributed by atoms with E-state index in [4.69, 9.17) is 39.7 Å². The third-order valence-corrected chi connectivity index (χ3v) is 8.49. The molecule has 4 aromatic carbocycles. The normalized spacial score (nSPS) is 11.3. The number of hydrogen-bond donors (Lipinski definition) is 2. The molecular formula is C34H31BrCl2N6O2. The summed E-state index contributed by atoms with van der Waals surface area (Å²) in [5, 5.41) is 2.32. The molecule has 0 aliphatic carbocycles. The van der Waals surface area contributed by atoms with Gasteiger partial charge in [0.05, 0.1) is 37.7 Å². The fourth-order valence-corrected chi connectivity index (χ4v) is 5.61. The van der Waals surface area contributed by atoms with Gasteiger partial charge < -0.3 is 11.5 Å². The molecule has 0 saturated carbocycles. The van der Waals surface area contributed by atoms with Crippen molar-refractivity contribution >= 4 is 72.3 Å². The van der Waals surface area contributed by atoms with Gasteiger partial charge in [-0.25, -0.2) is 9.97 Å². The second-order valence-corrected chi connectivity index (χ2v) is 12.8. The Balaban J connectivity index is 0.000000178. The van der Waals surface area contributed by atoms with E-state index in [1.54, 1.807) is 63.7 Å². The van der Waals surface area contributed by atoms with E-state index in [1.807, 2.05) is 52.0 Å². The average molecular weight is 706 g/mol. The monoisotopic (exact) mass is 704 g/mol. The Morgan fingerprint density at radius 1 is 0.667 bits per heavy atom. The van der Waals surface area contributed by atoms with E-state index >= 15 is 0 Å². The summed E-state index contributed by atoms with van der Waals surface area (Å²) in [5.41, 5.74) is 15.4. The molecule has 6 aromatic rings. The molecule has 0 amide bonds. The Hall–Kier alpha value is -4.18. The van der Waals surface area contributed by atoms with Crippen molar-refractivity contribution in [2.45, 2.75) is 39.5 Å². The van der Waals surface area contributed by atoms with Crippen molar-refractivity contribution in [3.63, 3.8) is 0 Å². The molecule has 0 unspecified atom stereocenters. The molecule has 0 bridgehead atoms. The van der Waals surface area contributed by atoms with Crippen molar-refractivity contribution in [3.8, 4) is 11.4 Å². The molecule has 0 fully saturated rings. The number of nitrogens with two attached hydrogens (primary N) is 2. The summed E-state index contributed by atoms with van der Waals surface area (Å²) < 4.78 is 3.92. The zero-order valence-electron chi connectivity index (χ0n) is 25.1. The first-order valence-corrected chi connectivity index (χ1v) is 15.8. The van der Waals surface area contributed by atoms with Crippen LogP contribution >= 0.6 is 39.1 Å². The van der Waals surface area contributed by atoms with Gasteiger partial charge in [0, 0.05) is 33.3 Å². The summed E-state index contributed by atoms with van der Waals surface area (Å²) in [6, 6.07) is 22.9. The van der Waals surface area contributed by atoms with Gasteiger partial charge in [-0.2, -0.15) is 0 Å². The van der Waals surface area contributed by atoms with Crippen molar-refractivity contribution in [2.75, 3.05) is 11.5 Å². The number of halogens is 3. The van der Waals surface area contributed by atoms with Gasteiger partial charge in [0.1, 0.15) is 11.6 Å². The van der Waals surface area contributed by atoms with Crippen LogP contribution in [0.15, 0.2) is 92.9 Å². The number of hydrogen-bond acceptors (Lipinski definition) is 6. The van der Waals surface area contributed by atoms with E-state index in [-0.39, 0.29) is 23.0 Å². The first-order valence-electron chi connectivity index (χ1n) is 14.2. The highest BCUT2D eigenvalue weighted by Crippen LogP contribution is 2.29. The Labute approximate surface area is 278 Å². The van der Waals surface area contributed by atoms with E-state index in [9.17, 15) is 9.59 Å². The van der Waals surface area contributed by atoms with Crippen LogP contribution in [0, 0.1) is 0 Å². The highest BCUT2D eigenvalue weighted by atomic mass is 79.9. The van der Waals surface area contributed by atoms with Crippen LogP contribution in [0.4, 0.5) is 11.4 Å². The van der Waals surface area contributed by atoms with Crippen LogP contribution in [0.5, 0.6) is 0 Å². The lowest BCUT2D eigenvalue weighted by Gasteiger charge is -2.17. The topological polar surface area (TPSA) is 122 Å². The van der Waals surface area contributed by atoms with E-state index in [0.717, 1.165) is 11.4 Å². The van der Waals surface area contributed by atoms with Gasteiger partial charge in [-0.05, 0) is 94.8 Å². The maximum Gasteiger partial charge on any atom is 0.266 e. The lowest BCUT2D eigenvalue weighted by molar-refractivity contribution is 0.723. The van der Waals surface area contributed by atoms with Crippen molar-refractivity contribution < 1.29 is 0 Å². The van der Waals surface area contributed by atoms with Crippen LogP contribution in [0.2, 0.25) is 10.0 Å². The van der Waals surface area contributed by atoms with Gasteiger partial charge in [-0.15, -0.1) is 0 Å². The Kier molecular flexibility index (Phi) is 9.34. The van der Waals surface area contributed by atoms with Gasteiger partial charge in [-0.3, -0.25) is 18.7 Å². The summed E-state index contributed by atoms with van der Waals surface area (Å²) in [4.78, 5) is 35.3. The minimum atomic E-state index is -0.123. The summed E-state index contributed by atoms with van der Waals surface area (Å²) in [7, 11) is 0. The van der Waals surface area contributed by atoms with Crippen molar-refractivity contribution in [1.29, 1.82) is 0 Å². The second-order valence-electron chi connectivity index (χ2n) is 11.1. The third-order valence-electron chi connectivity index (χ3n) is 7.16. The first kappa shape index (κ1) is 32.2. The molecule has 0 saturated heterocycles. The van der Waals surface area contributed by atoms with Crippen LogP contribution in [-0.2, 0) is 0 Å². The standard InChI is InChI=1S/C17H15BrClN3O.C17H16ClN3O/c1-9(2)16-21-15-12(7-8-13(20)14(15)18)17(23)22(16)11-5-3-10(19)4-6-11;1-10(2)16-20-15-9-12(19)5-8-14(15)17(22)21(16)13-6-3-11(18)4-7-13/h3-9H,20H2,1-2H3;3-10H,19H2,1-2H3. The number of anilines is 2. The van der Waals surface area contributed by atoms with Crippen LogP contribution < -0.4 is 22.6 Å². The largest absolute Gasteiger partial charge is 0.399 e. The average Bonchev–Trinajstić information content (AvgIpc) is 3.00. The highest BCUT2D eigenvalue weighted by molar-refractivity contribution is 9.10. The van der Waals surface area contributed by atoms with E-state index < -0.39 is 0 Å². The van der Waals surface area contributed by atoms with Gasteiger partial charge in [0.15, 0.2) is 0 Å². The van der Waals surface area contributed by atoms with Gasteiger partial charge in [0.2, 0.25) is 0 Å². The van der Waals surface area contributed by atoms with Crippen molar-refractivity contribution in [2.24, 2.45) is 0 Å². The van der Waals surface area contributed by atoms with Crippen molar-refractivity contribution in [1.82, 2.24) is 19.1 Å². The van der Waals surface area contributed by atoms with E-state index in [2.05, 4.69) is 20.9 Å². The Bertz CT molecular complexity index is 2160. The molecule has 0 radical (unpaired) electrons. The molecular weight excluding hydrogens is 675 g/mol. The van der Waals surface area contributed by atoms with E-state index in [1.165, 1.54) is 0 Å². The zero-order chi connectivity index (χ0) is 32.6. The smallest absolute Gasteiger partial charge is 0.266 e. The maximum absolute atomic E-state index is 13.0. The minimum absolute atomic E-state index is 0.0658. The molecule has 230 valence electrons. The Morgan fingerprint density at radius 2 is 1.13 bits per heavy atom. The summed E-state index contributed by atoms with van der Waals surface area (Å²) in [6.45, 7) is 8.01. The number of benzene rings is 4. The quantitative estimate of drug-likeness (QED) is 0.178. The Morgan fingerprint density at radius 3 is 1.64 bits per heavy atom. The molecule has 11 heteroatoms. The summed E-state index contributed by atoms with van der Waals surface area (Å²) >= 11 is 15.3. The number of fused-ring (bicyclic) bond motifs is 2. The fraction of sp³-hybridized carbons (Fsp3) is 0.176.